The number of nitrogens with one attached hydrogen (secondary N) is 3. The van der Waals surface area contributed by atoms with Gasteiger partial charge in [-0.3, -0.25) is 5.32 Å². The first-order valence-electron chi connectivity index (χ1n) is 10.4. The van der Waals surface area contributed by atoms with Crippen molar-refractivity contribution in [3.05, 3.63) is 120 Å². The van der Waals surface area contributed by atoms with Crippen molar-refractivity contribution in [2.24, 2.45) is 4.99 Å². The number of benzene rings is 3. The lowest BCUT2D eigenvalue weighted by molar-refractivity contribution is 0.409. The van der Waals surface area contributed by atoms with Crippen LogP contribution < -0.4 is 16.0 Å². The Morgan fingerprint density at radius 3 is 2.13 bits per heavy atom. The molecule has 0 spiro atoms. The molecular weight excluding hydrogens is 404 g/mol. The molecule has 5 heteroatoms. The average Bonchev–Trinajstić information content (AvgIpc) is 2.85. The topological polar surface area (TPSA) is 48.5 Å². The highest BCUT2D eigenvalue weighted by Crippen LogP contribution is 2.27. The van der Waals surface area contributed by atoms with E-state index in [0.29, 0.717) is 0 Å². The zero-order valence-electron chi connectivity index (χ0n) is 16.9. The summed E-state index contributed by atoms with van der Waals surface area (Å²) in [6.45, 7) is 0. The van der Waals surface area contributed by atoms with Gasteiger partial charge in [-0.25, -0.2) is 4.99 Å². The van der Waals surface area contributed by atoms with E-state index in [4.69, 9.17) is 16.6 Å². The summed E-state index contributed by atoms with van der Waals surface area (Å²) in [6.07, 6.45) is 5.58. The van der Waals surface area contributed by atoms with Gasteiger partial charge in [0.1, 0.15) is 23.7 Å². The fourth-order valence-corrected chi connectivity index (χ4v) is 4.04. The first-order valence-corrected chi connectivity index (χ1v) is 10.8. The maximum absolute atomic E-state index is 6.28. The second-order valence-corrected chi connectivity index (χ2v) is 8.02. The molecule has 4 nitrogen and oxygen atoms in total. The predicted molar refractivity (Wildman–Crippen MR) is 128 cm³/mol. The molecule has 3 N–H and O–H groups in total. The molecule has 0 fully saturated rings. The molecule has 0 saturated heterocycles. The van der Waals surface area contributed by atoms with Crippen LogP contribution in [0, 0.1) is 0 Å². The molecule has 3 aromatic carbocycles. The minimum absolute atomic E-state index is 0.0829. The summed E-state index contributed by atoms with van der Waals surface area (Å²) in [5.74, 6) is 0.827. The Hall–Kier alpha value is -3.34. The third-order valence-electron chi connectivity index (χ3n) is 5.45. The van der Waals surface area contributed by atoms with Crippen LogP contribution in [0.1, 0.15) is 23.5 Å². The van der Waals surface area contributed by atoms with Crippen LogP contribution in [0.15, 0.2) is 114 Å². The van der Waals surface area contributed by atoms with E-state index in [1.165, 1.54) is 11.1 Å². The third-order valence-corrected chi connectivity index (χ3v) is 5.70. The highest BCUT2D eigenvalue weighted by Gasteiger charge is 2.26. The molecule has 3 unspecified atom stereocenters. The van der Waals surface area contributed by atoms with E-state index in [1.54, 1.807) is 0 Å². The average molecular weight is 427 g/mol. The highest BCUT2D eigenvalue weighted by atomic mass is 35.5. The van der Waals surface area contributed by atoms with Crippen molar-refractivity contribution in [1.29, 1.82) is 0 Å². The molecule has 0 aromatic heterocycles. The maximum Gasteiger partial charge on any atom is 0.131 e. The number of rotatable bonds is 4. The first-order chi connectivity index (χ1) is 15.3. The standard InChI is InChI=1S/C26H23ClN4/c27-23-17-22(15-16-28-23)26-30-24(20-9-5-2-6-10-20)29-25(31-26)21-13-11-19(12-14-21)18-7-3-1-4-8-18/h1-17,23-25,28-29H,(H,30,31). The number of aliphatic imine (C=N–C) groups is 1. The third kappa shape index (κ3) is 4.41. The maximum atomic E-state index is 6.28. The van der Waals surface area contributed by atoms with Crippen molar-refractivity contribution in [1.82, 2.24) is 16.0 Å². The van der Waals surface area contributed by atoms with E-state index in [2.05, 4.69) is 76.6 Å². The molecular formula is C26H23ClN4. The molecule has 31 heavy (non-hydrogen) atoms. The van der Waals surface area contributed by atoms with Gasteiger partial charge in [-0.05, 0) is 40.6 Å². The summed E-state index contributed by atoms with van der Waals surface area (Å²) in [4.78, 5) is 4.94. The molecule has 0 bridgehead atoms. The lowest BCUT2D eigenvalue weighted by atomic mass is 10.0. The Balaban J connectivity index is 1.46. The van der Waals surface area contributed by atoms with E-state index in [-0.39, 0.29) is 17.8 Å². The Bertz CT molecular complexity index is 1120. The van der Waals surface area contributed by atoms with Gasteiger partial charge < -0.3 is 10.6 Å². The van der Waals surface area contributed by atoms with Crippen LogP contribution >= 0.6 is 11.6 Å². The minimum atomic E-state index is -0.252. The molecule has 5 rings (SSSR count). The number of halogens is 1. The molecule has 3 atom stereocenters. The molecule has 2 aliphatic rings. The molecule has 3 aromatic rings. The van der Waals surface area contributed by atoms with Gasteiger partial charge in [-0.1, -0.05) is 96.5 Å². The Kier molecular flexibility index (Phi) is 5.57. The fraction of sp³-hybridized carbons (Fsp3) is 0.115. The summed E-state index contributed by atoms with van der Waals surface area (Å²) in [6, 6.07) is 29.3. The minimum Gasteiger partial charge on any atom is -0.372 e. The van der Waals surface area contributed by atoms with E-state index in [0.717, 1.165) is 22.5 Å². The molecule has 0 saturated carbocycles. The zero-order valence-corrected chi connectivity index (χ0v) is 17.6. The number of dihydropyridines is 1. The predicted octanol–water partition coefficient (Wildman–Crippen LogP) is 5.25. The van der Waals surface area contributed by atoms with Gasteiger partial charge in [0.2, 0.25) is 0 Å². The van der Waals surface area contributed by atoms with Crippen molar-refractivity contribution in [2.45, 2.75) is 17.8 Å². The van der Waals surface area contributed by atoms with Crippen molar-refractivity contribution in [3.8, 4) is 11.1 Å². The van der Waals surface area contributed by atoms with Crippen LogP contribution in [0.3, 0.4) is 0 Å². The molecule has 2 heterocycles. The molecule has 2 aliphatic heterocycles. The summed E-state index contributed by atoms with van der Waals surface area (Å²) >= 11 is 6.28. The number of nitrogens with zero attached hydrogens (tertiary/aromatic N) is 1. The summed E-state index contributed by atoms with van der Waals surface area (Å²) in [5, 5.41) is 10.2. The van der Waals surface area contributed by atoms with Crippen LogP contribution in [-0.4, -0.2) is 11.3 Å². The van der Waals surface area contributed by atoms with Crippen molar-refractivity contribution in [2.75, 3.05) is 0 Å². The second-order valence-electron chi connectivity index (χ2n) is 7.55. The van der Waals surface area contributed by atoms with Crippen LogP contribution in [-0.2, 0) is 0 Å². The zero-order chi connectivity index (χ0) is 21.0. The Morgan fingerprint density at radius 1 is 0.742 bits per heavy atom. The number of alkyl halides is 1. The molecule has 0 aliphatic carbocycles. The van der Waals surface area contributed by atoms with Crippen LogP contribution in [0.4, 0.5) is 0 Å². The van der Waals surface area contributed by atoms with Crippen LogP contribution in [0.5, 0.6) is 0 Å². The Morgan fingerprint density at radius 2 is 1.42 bits per heavy atom. The van der Waals surface area contributed by atoms with E-state index < -0.39 is 0 Å². The van der Waals surface area contributed by atoms with Gasteiger partial charge in [-0.15, -0.1) is 0 Å². The molecule has 0 amide bonds. The fourth-order valence-electron chi connectivity index (χ4n) is 3.83. The largest absolute Gasteiger partial charge is 0.372 e. The van der Waals surface area contributed by atoms with Gasteiger partial charge in [0.25, 0.3) is 0 Å². The van der Waals surface area contributed by atoms with Crippen molar-refractivity contribution in [3.63, 3.8) is 0 Å². The van der Waals surface area contributed by atoms with E-state index in [9.17, 15) is 0 Å². The number of hydrogen-bond donors (Lipinski definition) is 3. The highest BCUT2D eigenvalue weighted by molar-refractivity contribution is 6.22. The Labute approximate surface area is 187 Å². The van der Waals surface area contributed by atoms with Crippen LogP contribution in [0.2, 0.25) is 0 Å². The first kappa shape index (κ1) is 19.6. The van der Waals surface area contributed by atoms with Gasteiger partial charge in [0, 0.05) is 5.57 Å². The summed E-state index contributed by atoms with van der Waals surface area (Å²) in [5.41, 5.74) is 5.40. The SMILES string of the molecule is ClC1C=C(C2=NC(c3ccccc3)NC(c3ccc(-c4ccccc4)cc3)N2)C=CN1. The van der Waals surface area contributed by atoms with E-state index in [1.807, 2.05) is 42.6 Å². The number of amidine groups is 1. The molecule has 0 radical (unpaired) electrons. The molecule has 154 valence electrons. The van der Waals surface area contributed by atoms with Crippen molar-refractivity contribution >= 4 is 17.4 Å². The van der Waals surface area contributed by atoms with Gasteiger partial charge in [0.15, 0.2) is 0 Å². The van der Waals surface area contributed by atoms with Gasteiger partial charge >= 0.3 is 0 Å². The normalized spacial score (nSPS) is 22.7. The lowest BCUT2D eigenvalue weighted by Crippen LogP contribution is -2.45. The van der Waals surface area contributed by atoms with Crippen molar-refractivity contribution < 1.29 is 0 Å². The lowest BCUT2D eigenvalue weighted by Gasteiger charge is -2.33. The van der Waals surface area contributed by atoms with Crippen LogP contribution in [0.25, 0.3) is 11.1 Å². The van der Waals surface area contributed by atoms with Gasteiger partial charge in [-0.2, -0.15) is 0 Å². The summed E-state index contributed by atoms with van der Waals surface area (Å²) < 4.78 is 0. The second kappa shape index (κ2) is 8.80. The van der Waals surface area contributed by atoms with E-state index >= 15 is 0 Å². The monoisotopic (exact) mass is 426 g/mol. The smallest absolute Gasteiger partial charge is 0.131 e. The number of hydrogen-bond acceptors (Lipinski definition) is 4. The quantitative estimate of drug-likeness (QED) is 0.394. The van der Waals surface area contributed by atoms with Gasteiger partial charge in [0.05, 0.1) is 0 Å². The summed E-state index contributed by atoms with van der Waals surface area (Å²) in [7, 11) is 0.